The van der Waals surface area contributed by atoms with Gasteiger partial charge < -0.3 is 9.73 Å². The normalized spacial score (nSPS) is 22.4. The van der Waals surface area contributed by atoms with E-state index in [2.05, 4.69) is 21.2 Å². The molecule has 0 aliphatic carbocycles. The molecule has 0 radical (unpaired) electrons. The van der Waals surface area contributed by atoms with E-state index in [1.165, 1.54) is 22.5 Å². The third kappa shape index (κ3) is 1.97. The lowest BCUT2D eigenvalue weighted by atomic mass is 9.99. The van der Waals surface area contributed by atoms with E-state index < -0.39 is 11.6 Å². The summed E-state index contributed by atoms with van der Waals surface area (Å²) in [6.07, 6.45) is 1.48. The molecule has 3 heterocycles. The molecular formula is C13H11BrN2O3S. The topological polar surface area (TPSA) is 62.6 Å². The number of rotatable bonds is 3. The van der Waals surface area contributed by atoms with Gasteiger partial charge in [-0.3, -0.25) is 9.69 Å². The van der Waals surface area contributed by atoms with E-state index in [9.17, 15) is 9.59 Å². The van der Waals surface area contributed by atoms with Gasteiger partial charge in [-0.15, -0.1) is 11.3 Å². The molecule has 2 aromatic rings. The van der Waals surface area contributed by atoms with Gasteiger partial charge in [0.25, 0.3) is 5.91 Å². The predicted octanol–water partition coefficient (Wildman–Crippen LogP) is 3.07. The molecular weight excluding hydrogens is 344 g/mol. The average molecular weight is 355 g/mol. The second-order valence-corrected chi connectivity index (χ2v) is 6.47. The fraction of sp³-hybridized carbons (Fsp3) is 0.231. The Hall–Kier alpha value is -1.60. The molecule has 104 valence electrons. The highest BCUT2D eigenvalue weighted by Gasteiger charge is 2.51. The van der Waals surface area contributed by atoms with Gasteiger partial charge in [-0.05, 0) is 46.4 Å². The van der Waals surface area contributed by atoms with E-state index in [1.54, 1.807) is 19.1 Å². The number of carbonyl (C=O) groups is 2. The second kappa shape index (κ2) is 4.75. The molecule has 1 aliphatic heterocycles. The molecule has 2 aromatic heterocycles. The first-order valence-corrected chi connectivity index (χ1v) is 7.59. The Bertz CT molecular complexity index is 667. The van der Waals surface area contributed by atoms with Crippen molar-refractivity contribution < 1.29 is 14.0 Å². The standard InChI is InChI=1S/C13H11BrN2O3S/c1-13(10-3-2-5-19-10)11(17)16(12(18)15-13)7-9-8(14)4-6-20-9/h2-6H,7H2,1H3,(H,15,18). The van der Waals surface area contributed by atoms with Crippen LogP contribution in [-0.2, 0) is 16.9 Å². The third-order valence-electron chi connectivity index (χ3n) is 3.28. The van der Waals surface area contributed by atoms with Crippen molar-refractivity contribution in [2.45, 2.75) is 19.0 Å². The van der Waals surface area contributed by atoms with Crippen molar-refractivity contribution >= 4 is 39.2 Å². The molecule has 1 saturated heterocycles. The highest BCUT2D eigenvalue weighted by molar-refractivity contribution is 9.10. The van der Waals surface area contributed by atoms with Crippen LogP contribution >= 0.6 is 27.3 Å². The van der Waals surface area contributed by atoms with Crippen LogP contribution in [0.5, 0.6) is 0 Å². The smallest absolute Gasteiger partial charge is 0.325 e. The zero-order valence-electron chi connectivity index (χ0n) is 10.6. The number of nitrogens with one attached hydrogen (secondary N) is 1. The minimum atomic E-state index is -1.13. The second-order valence-electron chi connectivity index (χ2n) is 4.62. The van der Waals surface area contributed by atoms with Crippen molar-refractivity contribution in [2.24, 2.45) is 0 Å². The number of urea groups is 1. The maximum atomic E-state index is 12.5. The number of furan rings is 1. The van der Waals surface area contributed by atoms with Crippen LogP contribution in [0.15, 0.2) is 38.7 Å². The molecule has 0 aromatic carbocycles. The van der Waals surface area contributed by atoms with Crippen LogP contribution < -0.4 is 5.32 Å². The molecule has 5 nitrogen and oxygen atoms in total. The van der Waals surface area contributed by atoms with Gasteiger partial charge in [0.15, 0.2) is 5.54 Å². The van der Waals surface area contributed by atoms with Crippen molar-refractivity contribution in [3.05, 3.63) is 45.0 Å². The molecule has 0 saturated carbocycles. The van der Waals surface area contributed by atoms with Crippen LogP contribution in [0, 0.1) is 0 Å². The number of nitrogens with zero attached hydrogens (tertiary/aromatic N) is 1. The summed E-state index contributed by atoms with van der Waals surface area (Å²) >= 11 is 4.90. The third-order valence-corrected chi connectivity index (χ3v) is 5.19. The molecule has 3 rings (SSSR count). The van der Waals surface area contributed by atoms with E-state index in [1.807, 2.05) is 11.4 Å². The summed E-state index contributed by atoms with van der Waals surface area (Å²) < 4.78 is 6.18. The first-order chi connectivity index (χ1) is 9.52. The van der Waals surface area contributed by atoms with Crippen molar-refractivity contribution in [3.63, 3.8) is 0 Å². The highest BCUT2D eigenvalue weighted by atomic mass is 79.9. The molecule has 1 fully saturated rings. The van der Waals surface area contributed by atoms with Crippen molar-refractivity contribution in [3.8, 4) is 0 Å². The quantitative estimate of drug-likeness (QED) is 0.861. The maximum Gasteiger partial charge on any atom is 0.325 e. The molecule has 1 unspecified atom stereocenters. The molecule has 1 aliphatic rings. The van der Waals surface area contributed by atoms with E-state index in [4.69, 9.17) is 4.42 Å². The number of thiophene rings is 1. The molecule has 0 bridgehead atoms. The van der Waals surface area contributed by atoms with Gasteiger partial charge in [-0.25, -0.2) is 4.79 Å². The Morgan fingerprint density at radius 3 is 2.85 bits per heavy atom. The van der Waals surface area contributed by atoms with Crippen molar-refractivity contribution in [1.29, 1.82) is 0 Å². The van der Waals surface area contributed by atoms with Gasteiger partial charge in [0.1, 0.15) is 5.76 Å². The fourth-order valence-corrected chi connectivity index (χ4v) is 3.62. The minimum Gasteiger partial charge on any atom is -0.466 e. The molecule has 20 heavy (non-hydrogen) atoms. The Morgan fingerprint density at radius 2 is 2.25 bits per heavy atom. The van der Waals surface area contributed by atoms with Crippen LogP contribution in [-0.4, -0.2) is 16.8 Å². The lowest BCUT2D eigenvalue weighted by Gasteiger charge is -2.18. The summed E-state index contributed by atoms with van der Waals surface area (Å²) in [7, 11) is 0. The zero-order chi connectivity index (χ0) is 14.3. The number of hydrogen-bond donors (Lipinski definition) is 1. The summed E-state index contributed by atoms with van der Waals surface area (Å²) in [5, 5.41) is 4.60. The number of halogens is 1. The molecule has 1 atom stereocenters. The minimum absolute atomic E-state index is 0.249. The summed E-state index contributed by atoms with van der Waals surface area (Å²) in [5.41, 5.74) is -1.13. The largest absolute Gasteiger partial charge is 0.466 e. The predicted molar refractivity (Wildman–Crippen MR) is 77.2 cm³/mol. The van der Waals surface area contributed by atoms with Gasteiger partial charge in [-0.2, -0.15) is 0 Å². The molecule has 1 N–H and O–H groups in total. The molecule has 0 spiro atoms. The van der Waals surface area contributed by atoms with Crippen molar-refractivity contribution in [2.75, 3.05) is 0 Å². The Morgan fingerprint density at radius 1 is 1.45 bits per heavy atom. The van der Waals surface area contributed by atoms with Crippen LogP contribution in [0.1, 0.15) is 17.6 Å². The van der Waals surface area contributed by atoms with E-state index in [0.29, 0.717) is 5.76 Å². The fourth-order valence-electron chi connectivity index (χ4n) is 2.15. The van der Waals surface area contributed by atoms with Gasteiger partial charge >= 0.3 is 6.03 Å². The van der Waals surface area contributed by atoms with Crippen LogP contribution in [0.4, 0.5) is 4.79 Å². The Labute approximate surface area is 127 Å². The Balaban J connectivity index is 1.90. The first kappa shape index (κ1) is 13.4. The molecule has 7 heteroatoms. The first-order valence-electron chi connectivity index (χ1n) is 5.92. The summed E-state index contributed by atoms with van der Waals surface area (Å²) in [4.78, 5) is 26.8. The number of imide groups is 1. The van der Waals surface area contributed by atoms with Gasteiger partial charge in [0.05, 0.1) is 12.8 Å². The average Bonchev–Trinajstić information content (AvgIpc) is 3.09. The van der Waals surface area contributed by atoms with Crippen LogP contribution in [0.2, 0.25) is 0 Å². The lowest BCUT2D eigenvalue weighted by molar-refractivity contribution is -0.132. The zero-order valence-corrected chi connectivity index (χ0v) is 13.0. The monoisotopic (exact) mass is 354 g/mol. The van der Waals surface area contributed by atoms with E-state index >= 15 is 0 Å². The summed E-state index contributed by atoms with van der Waals surface area (Å²) in [6.45, 7) is 1.90. The maximum absolute atomic E-state index is 12.5. The van der Waals surface area contributed by atoms with E-state index in [-0.39, 0.29) is 12.5 Å². The van der Waals surface area contributed by atoms with Crippen LogP contribution in [0.3, 0.4) is 0 Å². The van der Waals surface area contributed by atoms with E-state index in [0.717, 1.165) is 9.35 Å². The SMILES string of the molecule is CC1(c2ccco2)NC(=O)N(Cc2sccc2Br)C1=O. The van der Waals surface area contributed by atoms with Crippen molar-refractivity contribution in [1.82, 2.24) is 10.2 Å². The van der Waals surface area contributed by atoms with Gasteiger partial charge in [0.2, 0.25) is 0 Å². The van der Waals surface area contributed by atoms with Gasteiger partial charge in [-0.1, -0.05) is 0 Å². The number of carbonyl (C=O) groups excluding carboxylic acids is 2. The van der Waals surface area contributed by atoms with Gasteiger partial charge in [0, 0.05) is 9.35 Å². The lowest BCUT2D eigenvalue weighted by Crippen LogP contribution is -2.40. The number of hydrogen-bond acceptors (Lipinski definition) is 4. The Kier molecular flexibility index (Phi) is 3.18. The molecule has 3 amide bonds. The number of amides is 3. The van der Waals surface area contributed by atoms with Crippen LogP contribution in [0.25, 0.3) is 0 Å². The summed E-state index contributed by atoms with van der Waals surface area (Å²) in [6, 6.07) is 4.86. The highest BCUT2D eigenvalue weighted by Crippen LogP contribution is 2.32. The summed E-state index contributed by atoms with van der Waals surface area (Å²) in [5.74, 6) is 0.126.